The van der Waals surface area contributed by atoms with Gasteiger partial charge >= 0.3 is 0 Å². The molecule has 1 saturated heterocycles. The molecule has 0 aliphatic carbocycles. The Labute approximate surface area is 190 Å². The van der Waals surface area contributed by atoms with Crippen molar-refractivity contribution in [2.24, 2.45) is 4.99 Å². The van der Waals surface area contributed by atoms with Crippen LogP contribution in [0.3, 0.4) is 0 Å². The van der Waals surface area contributed by atoms with Crippen molar-refractivity contribution < 1.29 is 21.6 Å². The van der Waals surface area contributed by atoms with Crippen LogP contribution < -0.4 is 15.4 Å². The standard InChI is InChI=1S/C17H28N4O5S2.HI/c1-3-18-17(21-15-7-10-27(22,23)13-15)19-12-14-5-4-6-16(11-14)28(24,25)20-8-9-26-2;/h4-6,11,15,20H,3,7-10,12-13H2,1-2H3,(H2,18,19,21);1H. The predicted octanol–water partition coefficient (Wildman–Crippen LogP) is 0.472. The number of sulfonamides is 1. The number of aliphatic imine (C=N–C) groups is 1. The van der Waals surface area contributed by atoms with Gasteiger partial charge in [0, 0.05) is 26.2 Å². The molecular weight excluding hydrogens is 531 g/mol. The molecule has 1 aliphatic heterocycles. The largest absolute Gasteiger partial charge is 0.383 e. The number of benzene rings is 1. The van der Waals surface area contributed by atoms with Crippen LogP contribution in [0.4, 0.5) is 0 Å². The summed E-state index contributed by atoms with van der Waals surface area (Å²) < 4.78 is 55.2. The Morgan fingerprint density at radius 3 is 2.72 bits per heavy atom. The third-order valence-electron chi connectivity index (χ3n) is 4.14. The lowest BCUT2D eigenvalue weighted by Gasteiger charge is -2.16. The summed E-state index contributed by atoms with van der Waals surface area (Å²) in [4.78, 5) is 4.62. The molecule has 1 atom stereocenters. The van der Waals surface area contributed by atoms with Crippen LogP contribution >= 0.6 is 24.0 Å². The molecule has 1 aromatic carbocycles. The fraction of sp³-hybridized carbons (Fsp3) is 0.588. The number of sulfone groups is 1. The number of guanidine groups is 1. The number of hydrogen-bond acceptors (Lipinski definition) is 6. The Morgan fingerprint density at radius 2 is 2.10 bits per heavy atom. The van der Waals surface area contributed by atoms with E-state index >= 15 is 0 Å². The molecule has 0 bridgehead atoms. The van der Waals surface area contributed by atoms with Gasteiger partial charge in [0.25, 0.3) is 0 Å². The van der Waals surface area contributed by atoms with E-state index in [0.29, 0.717) is 18.9 Å². The van der Waals surface area contributed by atoms with E-state index in [9.17, 15) is 16.8 Å². The fourth-order valence-corrected chi connectivity index (χ4v) is 5.52. The van der Waals surface area contributed by atoms with E-state index in [2.05, 4.69) is 20.3 Å². The number of ether oxygens (including phenoxy) is 1. The first-order chi connectivity index (χ1) is 13.3. The maximum absolute atomic E-state index is 12.3. The Kier molecular flexibility index (Phi) is 10.8. The van der Waals surface area contributed by atoms with Gasteiger partial charge < -0.3 is 15.4 Å². The maximum Gasteiger partial charge on any atom is 0.240 e. The summed E-state index contributed by atoms with van der Waals surface area (Å²) in [5.74, 6) is 0.786. The van der Waals surface area contributed by atoms with Crippen molar-refractivity contribution in [1.29, 1.82) is 0 Å². The number of nitrogens with one attached hydrogen (secondary N) is 3. The van der Waals surface area contributed by atoms with Crippen molar-refractivity contribution in [2.45, 2.75) is 30.8 Å². The van der Waals surface area contributed by atoms with Gasteiger partial charge in [0.15, 0.2) is 15.8 Å². The van der Waals surface area contributed by atoms with Crippen LogP contribution in [0, 0.1) is 0 Å². The maximum atomic E-state index is 12.3. The normalized spacial score (nSPS) is 18.8. The average molecular weight is 560 g/mol. The van der Waals surface area contributed by atoms with Crippen molar-refractivity contribution in [3.63, 3.8) is 0 Å². The summed E-state index contributed by atoms with van der Waals surface area (Å²) in [5, 5.41) is 6.22. The second-order valence-electron chi connectivity index (χ2n) is 6.48. The van der Waals surface area contributed by atoms with Crippen LogP contribution in [0.5, 0.6) is 0 Å². The quantitative estimate of drug-likeness (QED) is 0.174. The van der Waals surface area contributed by atoms with E-state index in [1.54, 1.807) is 18.2 Å². The zero-order valence-electron chi connectivity index (χ0n) is 16.5. The molecule has 1 heterocycles. The van der Waals surface area contributed by atoms with Crippen LogP contribution in [0.25, 0.3) is 0 Å². The smallest absolute Gasteiger partial charge is 0.240 e. The Hall–Kier alpha value is -0.960. The highest BCUT2D eigenvalue weighted by molar-refractivity contribution is 14.0. The highest BCUT2D eigenvalue weighted by Crippen LogP contribution is 2.13. The molecule has 0 spiro atoms. The predicted molar refractivity (Wildman–Crippen MR) is 124 cm³/mol. The van der Waals surface area contributed by atoms with Crippen LogP contribution in [0.1, 0.15) is 18.9 Å². The van der Waals surface area contributed by atoms with Gasteiger partial charge in [0.05, 0.1) is 29.6 Å². The molecule has 2 rings (SSSR count). The van der Waals surface area contributed by atoms with Gasteiger partial charge in [-0.25, -0.2) is 26.6 Å². The summed E-state index contributed by atoms with van der Waals surface area (Å²) in [7, 11) is -5.09. The molecule has 0 radical (unpaired) electrons. The van der Waals surface area contributed by atoms with Crippen molar-refractivity contribution in [3.05, 3.63) is 29.8 Å². The lowest BCUT2D eigenvalue weighted by atomic mass is 10.2. The molecule has 12 heteroatoms. The molecule has 1 aromatic rings. The first kappa shape index (κ1) is 26.1. The molecule has 0 saturated carbocycles. The van der Waals surface area contributed by atoms with Gasteiger partial charge in [-0.1, -0.05) is 12.1 Å². The van der Waals surface area contributed by atoms with Gasteiger partial charge in [-0.2, -0.15) is 0 Å². The average Bonchev–Trinajstić information content (AvgIpc) is 2.99. The van der Waals surface area contributed by atoms with Gasteiger partial charge in [-0.15, -0.1) is 24.0 Å². The van der Waals surface area contributed by atoms with Crippen molar-refractivity contribution in [3.8, 4) is 0 Å². The fourth-order valence-electron chi connectivity index (χ4n) is 2.76. The second kappa shape index (κ2) is 12.0. The highest BCUT2D eigenvalue weighted by atomic mass is 127. The minimum absolute atomic E-state index is 0. The molecule has 1 unspecified atom stereocenters. The summed E-state index contributed by atoms with van der Waals surface area (Å²) >= 11 is 0. The SMILES string of the molecule is CCNC(=NCc1cccc(S(=O)(=O)NCCOC)c1)NC1CCS(=O)(=O)C1.I. The van der Waals surface area contributed by atoms with E-state index in [0.717, 1.165) is 5.56 Å². The van der Waals surface area contributed by atoms with Gasteiger partial charge in [0.1, 0.15) is 0 Å². The van der Waals surface area contributed by atoms with Crippen LogP contribution in [0.15, 0.2) is 34.2 Å². The number of halogens is 1. The van der Waals surface area contributed by atoms with E-state index < -0.39 is 19.9 Å². The summed E-state index contributed by atoms with van der Waals surface area (Å²) in [6.45, 7) is 3.29. The Bertz CT molecular complexity index is 891. The topological polar surface area (TPSA) is 126 Å². The van der Waals surface area contributed by atoms with Crippen LogP contribution in [-0.4, -0.2) is 67.1 Å². The molecule has 3 N–H and O–H groups in total. The zero-order valence-corrected chi connectivity index (χ0v) is 20.5. The molecule has 166 valence electrons. The van der Waals surface area contributed by atoms with E-state index in [1.807, 2.05) is 6.92 Å². The summed E-state index contributed by atoms with van der Waals surface area (Å²) in [5.41, 5.74) is 0.728. The van der Waals surface area contributed by atoms with Gasteiger partial charge in [-0.05, 0) is 31.0 Å². The van der Waals surface area contributed by atoms with E-state index in [-0.39, 0.29) is 66.1 Å². The summed E-state index contributed by atoms with van der Waals surface area (Å²) in [6.07, 6.45) is 0.549. The number of nitrogens with zero attached hydrogens (tertiary/aromatic N) is 1. The third-order valence-corrected chi connectivity index (χ3v) is 7.37. The molecule has 9 nitrogen and oxygen atoms in total. The van der Waals surface area contributed by atoms with Gasteiger partial charge in [-0.3, -0.25) is 0 Å². The lowest BCUT2D eigenvalue weighted by molar-refractivity contribution is 0.204. The first-order valence-corrected chi connectivity index (χ1v) is 12.4. The van der Waals surface area contributed by atoms with Crippen molar-refractivity contribution in [2.75, 3.05) is 38.3 Å². The molecule has 0 aromatic heterocycles. The molecular formula is C17H29IN4O5S2. The number of rotatable bonds is 9. The van der Waals surface area contributed by atoms with E-state index in [4.69, 9.17) is 4.74 Å². The minimum Gasteiger partial charge on any atom is -0.383 e. The highest BCUT2D eigenvalue weighted by Gasteiger charge is 2.28. The second-order valence-corrected chi connectivity index (χ2v) is 10.5. The first-order valence-electron chi connectivity index (χ1n) is 9.08. The molecule has 1 aliphatic rings. The number of methoxy groups -OCH3 is 1. The molecule has 29 heavy (non-hydrogen) atoms. The summed E-state index contributed by atoms with van der Waals surface area (Å²) in [6, 6.07) is 6.39. The minimum atomic E-state index is -3.61. The van der Waals surface area contributed by atoms with Gasteiger partial charge in [0.2, 0.25) is 10.0 Å². The zero-order chi connectivity index (χ0) is 20.6. The monoisotopic (exact) mass is 560 g/mol. The lowest BCUT2D eigenvalue weighted by Crippen LogP contribution is -2.44. The third kappa shape index (κ3) is 8.74. The van der Waals surface area contributed by atoms with Crippen LogP contribution in [-0.2, 0) is 31.1 Å². The van der Waals surface area contributed by atoms with E-state index in [1.165, 1.54) is 13.2 Å². The number of hydrogen-bond donors (Lipinski definition) is 3. The molecule has 0 amide bonds. The Balaban J connectivity index is 0.00000420. The molecule has 1 fully saturated rings. The Morgan fingerprint density at radius 1 is 1.34 bits per heavy atom. The van der Waals surface area contributed by atoms with Crippen LogP contribution in [0.2, 0.25) is 0 Å². The van der Waals surface area contributed by atoms with Crippen molar-refractivity contribution >= 4 is 49.8 Å². The van der Waals surface area contributed by atoms with Crippen molar-refractivity contribution in [1.82, 2.24) is 15.4 Å².